The Bertz CT molecular complexity index is 265. The number of carbonyl (C=O) groups excluding carboxylic acids is 2. The largest absolute Gasteiger partial charge is 0.426 e. The van der Waals surface area contributed by atoms with Crippen LogP contribution in [0.2, 0.25) is 0 Å². The molecular weight excluding hydrogens is 156 g/mol. The highest BCUT2D eigenvalue weighted by atomic mass is 16.5. The van der Waals surface area contributed by atoms with Gasteiger partial charge in [0.2, 0.25) is 6.29 Å². The van der Waals surface area contributed by atoms with Gasteiger partial charge in [0.15, 0.2) is 0 Å². The predicted octanol–water partition coefficient (Wildman–Crippen LogP) is 1.19. The van der Waals surface area contributed by atoms with Crippen molar-refractivity contribution in [1.29, 1.82) is 0 Å². The zero-order valence-corrected chi connectivity index (χ0v) is 6.71. The van der Waals surface area contributed by atoms with Crippen LogP contribution in [0.3, 0.4) is 0 Å². The molecular formula is C9H10O3. The molecule has 64 valence electrons. The second-order valence-corrected chi connectivity index (χ2v) is 3.38. The first-order valence-corrected chi connectivity index (χ1v) is 4.17. The van der Waals surface area contributed by atoms with Crippen molar-refractivity contribution in [2.24, 2.45) is 5.92 Å². The van der Waals surface area contributed by atoms with Crippen LogP contribution in [-0.4, -0.2) is 12.3 Å². The van der Waals surface area contributed by atoms with Crippen LogP contribution in [0.5, 0.6) is 0 Å². The molecule has 2 bridgehead atoms. The molecule has 2 aliphatic carbocycles. The molecule has 3 nitrogen and oxygen atoms in total. The lowest BCUT2D eigenvalue weighted by Gasteiger charge is -2.09. The van der Waals surface area contributed by atoms with E-state index in [9.17, 15) is 9.59 Å². The number of carbonyl (C=O) groups is 2. The highest BCUT2D eigenvalue weighted by Gasteiger charge is 2.32. The van der Waals surface area contributed by atoms with Gasteiger partial charge in [-0.3, -0.25) is 4.79 Å². The van der Waals surface area contributed by atoms with Gasteiger partial charge < -0.3 is 4.74 Å². The van der Waals surface area contributed by atoms with E-state index in [1.54, 1.807) is 0 Å². The molecule has 0 amide bonds. The summed E-state index contributed by atoms with van der Waals surface area (Å²) < 4.78 is 4.87. The lowest BCUT2D eigenvalue weighted by Crippen LogP contribution is -2.07. The van der Waals surface area contributed by atoms with Crippen LogP contribution in [0.4, 0.5) is 0 Å². The Morgan fingerprint density at radius 2 is 2.33 bits per heavy atom. The summed E-state index contributed by atoms with van der Waals surface area (Å²) in [6.07, 6.45) is 4.42. The molecule has 0 aromatic rings. The smallest absolute Gasteiger partial charge is 0.376 e. The summed E-state index contributed by atoms with van der Waals surface area (Å²) in [7, 11) is 0. The lowest BCUT2D eigenvalue weighted by atomic mass is 10.1. The second kappa shape index (κ2) is 2.73. The molecule has 2 rings (SSSR count). The maximum absolute atomic E-state index is 10.6. The van der Waals surface area contributed by atoms with E-state index in [0.29, 0.717) is 5.92 Å². The van der Waals surface area contributed by atoms with E-state index in [1.165, 1.54) is 12.0 Å². The van der Waals surface area contributed by atoms with Crippen LogP contribution in [0.15, 0.2) is 11.3 Å². The summed E-state index contributed by atoms with van der Waals surface area (Å²) in [5, 5.41) is 0. The van der Waals surface area contributed by atoms with Crippen molar-refractivity contribution < 1.29 is 14.3 Å². The van der Waals surface area contributed by atoms with Crippen molar-refractivity contribution in [1.82, 2.24) is 0 Å². The number of esters is 1. The van der Waals surface area contributed by atoms with Crippen molar-refractivity contribution >= 4 is 12.3 Å². The van der Waals surface area contributed by atoms with Crippen LogP contribution in [0, 0.1) is 5.92 Å². The van der Waals surface area contributed by atoms with Crippen LogP contribution >= 0.6 is 0 Å². The van der Waals surface area contributed by atoms with Gasteiger partial charge in [0.1, 0.15) is 5.76 Å². The van der Waals surface area contributed by atoms with Crippen LogP contribution in [0.25, 0.3) is 0 Å². The standard InChI is InChI=1S/C9H10O3/c10-5-9(11)12-8-4-6-1-2-7(8)3-6/h5-6H,1-4H2. The number of hydrogen-bond acceptors (Lipinski definition) is 3. The Labute approximate surface area is 70.4 Å². The summed E-state index contributed by atoms with van der Waals surface area (Å²) in [4.78, 5) is 20.6. The normalized spacial score (nSPS) is 26.2. The molecule has 0 aliphatic heterocycles. The summed E-state index contributed by atoms with van der Waals surface area (Å²) in [5.74, 6) is 0.683. The second-order valence-electron chi connectivity index (χ2n) is 3.38. The van der Waals surface area contributed by atoms with Crippen molar-refractivity contribution in [3.8, 4) is 0 Å². The van der Waals surface area contributed by atoms with Gasteiger partial charge in [-0.2, -0.15) is 0 Å². The van der Waals surface area contributed by atoms with Crippen molar-refractivity contribution in [2.45, 2.75) is 25.7 Å². The molecule has 3 heteroatoms. The fraction of sp³-hybridized carbons (Fsp3) is 0.556. The van der Waals surface area contributed by atoms with Gasteiger partial charge in [0.05, 0.1) is 0 Å². The monoisotopic (exact) mass is 166 g/mol. The molecule has 0 radical (unpaired) electrons. The Morgan fingerprint density at radius 3 is 2.83 bits per heavy atom. The van der Waals surface area contributed by atoms with Gasteiger partial charge in [-0.15, -0.1) is 0 Å². The minimum absolute atomic E-state index is 0.222. The SMILES string of the molecule is O=CC(=O)OC1=C2CCC(C2)C1. The quantitative estimate of drug-likeness (QED) is 0.351. The fourth-order valence-electron chi connectivity index (χ4n) is 2.02. The molecule has 1 fully saturated rings. The average Bonchev–Trinajstić information content (AvgIpc) is 2.64. The Balaban J connectivity index is 2.06. The molecule has 0 spiro atoms. The molecule has 2 aliphatic rings. The average molecular weight is 166 g/mol. The van der Waals surface area contributed by atoms with Crippen molar-refractivity contribution in [3.63, 3.8) is 0 Å². The van der Waals surface area contributed by atoms with Crippen molar-refractivity contribution in [2.75, 3.05) is 0 Å². The van der Waals surface area contributed by atoms with Gasteiger partial charge >= 0.3 is 5.97 Å². The maximum Gasteiger partial charge on any atom is 0.376 e. The number of rotatable bonds is 2. The topological polar surface area (TPSA) is 43.4 Å². The molecule has 0 aromatic heterocycles. The highest BCUT2D eigenvalue weighted by molar-refractivity contribution is 6.20. The summed E-state index contributed by atoms with van der Waals surface area (Å²) in [6, 6.07) is 0. The van der Waals surface area contributed by atoms with E-state index in [2.05, 4.69) is 0 Å². The minimum atomic E-state index is -0.759. The lowest BCUT2D eigenvalue weighted by molar-refractivity contribution is -0.145. The summed E-state index contributed by atoms with van der Waals surface area (Å²) in [6.45, 7) is 0. The Morgan fingerprint density at radius 1 is 1.50 bits per heavy atom. The van der Waals surface area contributed by atoms with Gasteiger partial charge in [-0.1, -0.05) is 0 Å². The van der Waals surface area contributed by atoms with Gasteiger partial charge in [0.25, 0.3) is 0 Å². The molecule has 12 heavy (non-hydrogen) atoms. The predicted molar refractivity (Wildman–Crippen MR) is 41.1 cm³/mol. The van der Waals surface area contributed by atoms with Gasteiger partial charge in [0, 0.05) is 6.42 Å². The van der Waals surface area contributed by atoms with E-state index >= 15 is 0 Å². The van der Waals surface area contributed by atoms with Crippen LogP contribution < -0.4 is 0 Å². The van der Waals surface area contributed by atoms with Crippen molar-refractivity contribution in [3.05, 3.63) is 11.3 Å². The first kappa shape index (κ1) is 7.53. The Hall–Kier alpha value is -1.12. The number of ether oxygens (including phenoxy) is 1. The molecule has 1 atom stereocenters. The van der Waals surface area contributed by atoms with E-state index in [4.69, 9.17) is 4.74 Å². The van der Waals surface area contributed by atoms with Gasteiger partial charge in [-0.25, -0.2) is 4.79 Å². The van der Waals surface area contributed by atoms with Crippen LogP contribution in [0.1, 0.15) is 25.7 Å². The maximum atomic E-state index is 10.6. The number of hydrogen-bond donors (Lipinski definition) is 0. The third-order valence-corrected chi connectivity index (χ3v) is 2.58. The summed E-state index contributed by atoms with van der Waals surface area (Å²) >= 11 is 0. The number of fused-ring (bicyclic) bond motifs is 2. The van der Waals surface area contributed by atoms with E-state index in [-0.39, 0.29) is 6.29 Å². The fourth-order valence-corrected chi connectivity index (χ4v) is 2.02. The first-order chi connectivity index (χ1) is 5.79. The summed E-state index contributed by atoms with van der Waals surface area (Å²) in [5.41, 5.74) is 1.25. The van der Waals surface area contributed by atoms with E-state index < -0.39 is 5.97 Å². The van der Waals surface area contributed by atoms with Crippen LogP contribution in [-0.2, 0) is 14.3 Å². The molecule has 0 N–H and O–H groups in total. The third-order valence-electron chi connectivity index (χ3n) is 2.58. The molecule has 1 unspecified atom stereocenters. The first-order valence-electron chi connectivity index (χ1n) is 4.17. The zero-order chi connectivity index (χ0) is 8.55. The number of allylic oxidation sites excluding steroid dienone is 2. The highest BCUT2D eigenvalue weighted by Crippen LogP contribution is 2.44. The third kappa shape index (κ3) is 1.15. The Kier molecular flexibility index (Phi) is 1.71. The molecule has 0 saturated heterocycles. The van der Waals surface area contributed by atoms with E-state index in [1.807, 2.05) is 0 Å². The molecule has 0 heterocycles. The molecule has 0 aromatic carbocycles. The molecule has 1 saturated carbocycles. The van der Waals surface area contributed by atoms with E-state index in [0.717, 1.165) is 25.0 Å². The number of aldehydes is 1. The zero-order valence-electron chi connectivity index (χ0n) is 6.71. The van der Waals surface area contributed by atoms with Gasteiger partial charge in [-0.05, 0) is 30.8 Å². The minimum Gasteiger partial charge on any atom is -0.426 e.